The summed E-state index contributed by atoms with van der Waals surface area (Å²) in [7, 11) is 3.14. The minimum absolute atomic E-state index is 0.175. The fraction of sp³-hybridized carbons (Fsp3) is 0.543. The van der Waals surface area contributed by atoms with Gasteiger partial charge in [-0.1, -0.05) is 39.0 Å². The molecule has 0 aromatic heterocycles. The van der Waals surface area contributed by atoms with Gasteiger partial charge in [0, 0.05) is 18.5 Å². The van der Waals surface area contributed by atoms with Gasteiger partial charge in [-0.2, -0.15) is 0 Å². The number of esters is 1. The number of ketones is 1. The van der Waals surface area contributed by atoms with Crippen molar-refractivity contribution in [1.82, 2.24) is 10.2 Å². The average Bonchev–Trinajstić information content (AvgIpc) is 3.08. The quantitative estimate of drug-likeness (QED) is 0.148. The molecule has 0 unspecified atom stereocenters. The topological polar surface area (TPSA) is 146 Å². The number of methoxy groups -OCH3 is 2. The zero-order valence-electron chi connectivity index (χ0n) is 27.8. The Bertz CT molecular complexity index is 1340. The number of aryl methyl sites for hydroxylation is 1. The van der Waals surface area contributed by atoms with Crippen LogP contribution in [-0.4, -0.2) is 75.0 Å². The largest absolute Gasteiger partial charge is 0.493 e. The lowest BCUT2D eigenvalue weighted by atomic mass is 9.84. The molecule has 2 amide bonds. The number of carbonyl (C=O) groups excluding carboxylic acids is 4. The van der Waals surface area contributed by atoms with Gasteiger partial charge < -0.3 is 34.9 Å². The van der Waals surface area contributed by atoms with Crippen molar-refractivity contribution in [2.45, 2.75) is 77.9 Å². The Morgan fingerprint density at radius 1 is 1.04 bits per heavy atom. The molecule has 1 fully saturated rings. The van der Waals surface area contributed by atoms with Gasteiger partial charge in [0.05, 0.1) is 14.2 Å². The van der Waals surface area contributed by atoms with E-state index in [1.807, 2.05) is 31.2 Å². The van der Waals surface area contributed by atoms with Crippen LogP contribution in [0.3, 0.4) is 0 Å². The summed E-state index contributed by atoms with van der Waals surface area (Å²) in [5, 5.41) is 2.75. The lowest BCUT2D eigenvalue weighted by Gasteiger charge is -2.36. The minimum Gasteiger partial charge on any atom is -0.493 e. The number of nitrogens with two attached hydrogens (primary N) is 1. The Balaban J connectivity index is 1.84. The Labute approximate surface area is 272 Å². The molecule has 2 aromatic rings. The van der Waals surface area contributed by atoms with E-state index in [0.29, 0.717) is 81.0 Å². The molecule has 46 heavy (non-hydrogen) atoms. The summed E-state index contributed by atoms with van der Waals surface area (Å²) in [5.41, 5.74) is 6.28. The monoisotopic (exact) mass is 639 g/mol. The van der Waals surface area contributed by atoms with Crippen LogP contribution in [0.4, 0.5) is 0 Å². The Morgan fingerprint density at radius 2 is 1.80 bits per heavy atom. The van der Waals surface area contributed by atoms with E-state index in [2.05, 4.69) is 5.32 Å². The maximum atomic E-state index is 13.8. The second-order valence-corrected chi connectivity index (χ2v) is 12.1. The maximum absolute atomic E-state index is 13.8. The van der Waals surface area contributed by atoms with Gasteiger partial charge in [0.2, 0.25) is 5.78 Å². The zero-order chi connectivity index (χ0) is 33.7. The van der Waals surface area contributed by atoms with E-state index in [1.165, 1.54) is 4.90 Å². The van der Waals surface area contributed by atoms with Crippen molar-refractivity contribution in [2.24, 2.45) is 11.1 Å². The highest BCUT2D eigenvalue weighted by atomic mass is 16.5. The van der Waals surface area contributed by atoms with Crippen LogP contribution in [0.25, 0.3) is 0 Å². The molecule has 1 saturated heterocycles. The molecule has 0 spiro atoms. The molecule has 2 aromatic carbocycles. The first-order chi connectivity index (χ1) is 22.0. The number of ether oxygens (including phenoxy) is 4. The number of nitrogens with zero attached hydrogens (tertiary/aromatic N) is 1. The van der Waals surface area contributed by atoms with Crippen LogP contribution in [0.5, 0.6) is 17.2 Å². The lowest BCUT2D eigenvalue weighted by Crippen LogP contribution is -2.53. The summed E-state index contributed by atoms with van der Waals surface area (Å²) in [6.07, 6.45) is 3.27. The predicted octanol–water partition coefficient (Wildman–Crippen LogP) is 4.15. The summed E-state index contributed by atoms with van der Waals surface area (Å²) in [6.45, 7) is 6.44. The predicted molar refractivity (Wildman–Crippen MR) is 174 cm³/mol. The van der Waals surface area contributed by atoms with Crippen LogP contribution in [0.1, 0.15) is 76.5 Å². The molecule has 0 aliphatic carbocycles. The molecule has 2 atom stereocenters. The number of hydrogen-bond acceptors (Lipinski definition) is 9. The van der Waals surface area contributed by atoms with Crippen LogP contribution in [-0.2, 0) is 30.3 Å². The van der Waals surface area contributed by atoms with Gasteiger partial charge >= 0.3 is 5.97 Å². The van der Waals surface area contributed by atoms with Gasteiger partial charge in [-0.25, -0.2) is 4.79 Å². The lowest BCUT2D eigenvalue weighted by molar-refractivity contribution is -0.164. The van der Waals surface area contributed by atoms with Crippen molar-refractivity contribution in [3.8, 4) is 17.2 Å². The first-order valence-corrected chi connectivity index (χ1v) is 16.0. The summed E-state index contributed by atoms with van der Waals surface area (Å²) in [5.74, 6) is -0.331. The Morgan fingerprint density at radius 3 is 2.50 bits per heavy atom. The highest BCUT2D eigenvalue weighted by molar-refractivity contribution is 6.38. The van der Waals surface area contributed by atoms with Gasteiger partial charge in [-0.05, 0) is 86.9 Å². The normalized spacial score (nSPS) is 15.4. The number of piperidine rings is 1. The van der Waals surface area contributed by atoms with Gasteiger partial charge in [-0.3, -0.25) is 14.4 Å². The third-order valence-electron chi connectivity index (χ3n) is 8.43. The van der Waals surface area contributed by atoms with Crippen molar-refractivity contribution in [2.75, 3.05) is 40.5 Å². The smallest absolute Gasteiger partial charge is 0.329 e. The molecule has 11 nitrogen and oxygen atoms in total. The SMILES string of the molecule is CCC(C)(C)C(=O)C(=O)N1CCCC[C@H]1C(=O)O[C@H](CCc1ccc(OC)c(OC)c1)c1cccc(OCC(=O)NCCCN)c1. The molecule has 1 heterocycles. The number of amides is 2. The third-order valence-corrected chi connectivity index (χ3v) is 8.43. The maximum Gasteiger partial charge on any atom is 0.329 e. The van der Waals surface area contributed by atoms with Gasteiger partial charge in [-0.15, -0.1) is 0 Å². The van der Waals surface area contributed by atoms with Crippen molar-refractivity contribution in [1.29, 1.82) is 0 Å². The number of likely N-dealkylation sites (tertiary alicyclic amines) is 1. The van der Waals surface area contributed by atoms with Gasteiger partial charge in [0.1, 0.15) is 17.9 Å². The van der Waals surface area contributed by atoms with Crippen molar-refractivity contribution in [3.05, 3.63) is 53.6 Å². The van der Waals surface area contributed by atoms with Crippen molar-refractivity contribution < 1.29 is 38.1 Å². The van der Waals surface area contributed by atoms with E-state index in [4.69, 9.17) is 24.7 Å². The highest BCUT2D eigenvalue weighted by Crippen LogP contribution is 2.32. The van der Waals surface area contributed by atoms with Gasteiger partial charge in [0.15, 0.2) is 18.1 Å². The van der Waals surface area contributed by atoms with E-state index < -0.39 is 35.2 Å². The number of carbonyl (C=O) groups is 4. The number of rotatable bonds is 17. The van der Waals surface area contributed by atoms with Gasteiger partial charge in [0.25, 0.3) is 11.8 Å². The van der Waals surface area contributed by atoms with Crippen LogP contribution < -0.4 is 25.3 Å². The number of nitrogens with one attached hydrogen (secondary N) is 1. The molecular weight excluding hydrogens is 590 g/mol. The van der Waals surface area contributed by atoms with Crippen molar-refractivity contribution in [3.63, 3.8) is 0 Å². The van der Waals surface area contributed by atoms with Crippen molar-refractivity contribution >= 4 is 23.6 Å². The molecule has 0 saturated carbocycles. The number of hydrogen-bond donors (Lipinski definition) is 2. The molecule has 3 N–H and O–H groups in total. The van der Waals surface area contributed by atoms with Crippen LogP contribution >= 0.6 is 0 Å². The molecular formula is C35H49N3O8. The third kappa shape index (κ3) is 9.94. The minimum atomic E-state index is -0.863. The van der Waals surface area contributed by atoms with E-state index >= 15 is 0 Å². The fourth-order valence-corrected chi connectivity index (χ4v) is 5.18. The van der Waals surface area contributed by atoms with E-state index in [9.17, 15) is 19.2 Å². The standard InChI is InChI=1S/C35H49N3O8/c1-6-35(2,3)32(40)33(41)38-20-8-7-13-27(38)34(42)46-28(16-14-24-15-17-29(43-4)30(21-24)44-5)25-11-9-12-26(22-25)45-23-31(39)37-19-10-18-36/h9,11-12,15,17,21-22,27-28H,6-8,10,13-14,16,18-20,23,36H2,1-5H3,(H,37,39)/t27-,28+/m0/s1. The highest BCUT2D eigenvalue weighted by Gasteiger charge is 2.41. The first-order valence-electron chi connectivity index (χ1n) is 16.0. The average molecular weight is 640 g/mol. The summed E-state index contributed by atoms with van der Waals surface area (Å²) < 4.78 is 22.7. The van der Waals surface area contributed by atoms with E-state index in [0.717, 1.165) is 12.0 Å². The molecule has 1 aliphatic heterocycles. The molecule has 1 aliphatic rings. The number of Topliss-reactive ketones (excluding diaryl/α,β-unsaturated/α-hetero) is 1. The van der Waals surface area contributed by atoms with Crippen LogP contribution in [0, 0.1) is 5.41 Å². The summed E-state index contributed by atoms with van der Waals surface area (Å²) in [4.78, 5) is 53.8. The Hall–Kier alpha value is -4.12. The van der Waals surface area contributed by atoms with E-state index in [1.54, 1.807) is 46.3 Å². The molecule has 0 bridgehead atoms. The first kappa shape index (κ1) is 36.3. The van der Waals surface area contributed by atoms with Crippen LogP contribution in [0.2, 0.25) is 0 Å². The molecule has 3 rings (SSSR count). The Kier molecular flexibility index (Phi) is 13.9. The second-order valence-electron chi connectivity index (χ2n) is 12.1. The fourth-order valence-electron chi connectivity index (χ4n) is 5.18. The summed E-state index contributed by atoms with van der Waals surface area (Å²) in [6, 6.07) is 11.8. The summed E-state index contributed by atoms with van der Waals surface area (Å²) >= 11 is 0. The second kappa shape index (κ2) is 17.5. The number of benzene rings is 2. The van der Waals surface area contributed by atoms with Crippen LogP contribution in [0.15, 0.2) is 42.5 Å². The molecule has 0 radical (unpaired) electrons. The molecule has 252 valence electrons. The molecule has 11 heteroatoms. The van der Waals surface area contributed by atoms with E-state index in [-0.39, 0.29) is 12.5 Å². The zero-order valence-corrected chi connectivity index (χ0v) is 27.8.